The highest BCUT2D eigenvalue weighted by molar-refractivity contribution is 8.00. The Balaban J connectivity index is 1.81. The van der Waals surface area contributed by atoms with Crippen LogP contribution in [0, 0.1) is 0 Å². The third kappa shape index (κ3) is 1.96. The number of aliphatic carboxylic acids is 1. The number of benzene rings is 1. The summed E-state index contributed by atoms with van der Waals surface area (Å²) in [6.07, 6.45) is -0.607. The van der Waals surface area contributed by atoms with Crippen LogP contribution in [0.1, 0.15) is 6.92 Å². The fourth-order valence-corrected chi connectivity index (χ4v) is 3.62. The molecular formula is C14H13NO4S. The van der Waals surface area contributed by atoms with E-state index in [0.717, 1.165) is 0 Å². The summed E-state index contributed by atoms with van der Waals surface area (Å²) < 4.78 is 5.67. The topological polar surface area (TPSA) is 66.8 Å². The van der Waals surface area contributed by atoms with Crippen molar-refractivity contribution in [3.05, 3.63) is 41.6 Å². The quantitative estimate of drug-likeness (QED) is 0.859. The molecule has 2 heterocycles. The lowest BCUT2D eigenvalue weighted by Gasteiger charge is -2.48. The zero-order chi connectivity index (χ0) is 14.3. The van der Waals surface area contributed by atoms with E-state index < -0.39 is 12.1 Å². The molecule has 2 aliphatic heterocycles. The second-order valence-corrected chi connectivity index (χ2v) is 5.80. The molecule has 0 radical (unpaired) electrons. The molecular weight excluding hydrogens is 278 g/mol. The maximum atomic E-state index is 12.2. The highest BCUT2D eigenvalue weighted by atomic mass is 32.2. The van der Waals surface area contributed by atoms with Gasteiger partial charge in [-0.25, -0.2) is 4.79 Å². The van der Waals surface area contributed by atoms with Crippen molar-refractivity contribution < 1.29 is 19.4 Å². The number of ether oxygens (including phenoxy) is 1. The molecule has 1 amide bonds. The fraction of sp³-hybridized carbons (Fsp3) is 0.286. The van der Waals surface area contributed by atoms with E-state index in [2.05, 4.69) is 0 Å². The van der Waals surface area contributed by atoms with Crippen molar-refractivity contribution in [2.45, 2.75) is 18.4 Å². The average Bonchev–Trinajstić information content (AvgIpc) is 2.45. The highest BCUT2D eigenvalue weighted by Gasteiger charge is 2.54. The summed E-state index contributed by atoms with van der Waals surface area (Å²) in [7, 11) is 0. The molecule has 1 saturated heterocycles. The Morgan fingerprint density at radius 1 is 1.40 bits per heavy atom. The molecule has 0 aliphatic carbocycles. The molecule has 5 nitrogen and oxygen atoms in total. The lowest BCUT2D eigenvalue weighted by molar-refractivity contribution is -0.157. The predicted octanol–water partition coefficient (Wildman–Crippen LogP) is 1.71. The minimum atomic E-state index is -1.06. The van der Waals surface area contributed by atoms with E-state index in [4.69, 9.17) is 4.74 Å². The molecule has 1 unspecified atom stereocenters. The van der Waals surface area contributed by atoms with Crippen LogP contribution < -0.4 is 4.74 Å². The molecule has 2 aliphatic rings. The number of fused-ring (bicyclic) bond motifs is 1. The van der Waals surface area contributed by atoms with Gasteiger partial charge in [-0.05, 0) is 24.6 Å². The maximum absolute atomic E-state index is 12.2. The van der Waals surface area contributed by atoms with Gasteiger partial charge >= 0.3 is 5.97 Å². The van der Waals surface area contributed by atoms with Gasteiger partial charge in [-0.1, -0.05) is 18.2 Å². The molecule has 6 heteroatoms. The third-order valence-electron chi connectivity index (χ3n) is 3.32. The SMILES string of the molecule is CC1=C(C(=O)O)N2C(=O)C(Oc3ccccc3)[C@@H]2SC1. The highest BCUT2D eigenvalue weighted by Crippen LogP contribution is 2.41. The van der Waals surface area contributed by atoms with E-state index >= 15 is 0 Å². The Morgan fingerprint density at radius 3 is 2.75 bits per heavy atom. The first kappa shape index (κ1) is 13.1. The van der Waals surface area contributed by atoms with E-state index in [1.54, 1.807) is 19.1 Å². The van der Waals surface area contributed by atoms with E-state index in [1.807, 2.05) is 18.2 Å². The molecule has 0 aromatic heterocycles. The number of amides is 1. The summed E-state index contributed by atoms with van der Waals surface area (Å²) in [5.41, 5.74) is 0.817. The van der Waals surface area contributed by atoms with Gasteiger partial charge < -0.3 is 9.84 Å². The Bertz CT molecular complexity index is 598. The number of carboxylic acids is 1. The van der Waals surface area contributed by atoms with Crippen molar-refractivity contribution in [3.63, 3.8) is 0 Å². The summed E-state index contributed by atoms with van der Waals surface area (Å²) in [5.74, 6) is -0.124. The van der Waals surface area contributed by atoms with E-state index in [1.165, 1.54) is 16.7 Å². The molecule has 104 valence electrons. The standard InChI is InChI=1S/C14H13NO4S/c1-8-7-20-13-11(19-9-5-3-2-4-6-9)12(16)15(13)10(8)14(17)18/h2-6,11,13H,7H2,1H3,(H,17,18)/t11?,13-/m0/s1. The normalized spacial score (nSPS) is 25.1. The lowest BCUT2D eigenvalue weighted by atomic mass is 10.1. The van der Waals surface area contributed by atoms with E-state index in [9.17, 15) is 14.7 Å². The number of hydrogen-bond donors (Lipinski definition) is 1. The number of nitrogens with zero attached hydrogens (tertiary/aromatic N) is 1. The Kier molecular flexibility index (Phi) is 3.17. The number of thioether (sulfide) groups is 1. The number of rotatable bonds is 3. The van der Waals surface area contributed by atoms with Gasteiger partial charge in [-0.3, -0.25) is 9.69 Å². The predicted molar refractivity (Wildman–Crippen MR) is 74.3 cm³/mol. The maximum Gasteiger partial charge on any atom is 0.352 e. The molecule has 1 aromatic rings. The second kappa shape index (κ2) is 4.86. The Labute approximate surface area is 120 Å². The van der Waals surface area contributed by atoms with Crippen molar-refractivity contribution in [1.82, 2.24) is 4.90 Å². The molecule has 2 atom stereocenters. The largest absolute Gasteiger partial charge is 0.477 e. The molecule has 3 rings (SSSR count). The van der Waals surface area contributed by atoms with Crippen LogP contribution in [0.15, 0.2) is 41.6 Å². The van der Waals surface area contributed by atoms with Gasteiger partial charge in [0.05, 0.1) is 0 Å². The van der Waals surface area contributed by atoms with Gasteiger partial charge in [0.2, 0.25) is 6.10 Å². The number of hydrogen-bond acceptors (Lipinski definition) is 4. The van der Waals surface area contributed by atoms with Gasteiger partial charge in [0.25, 0.3) is 5.91 Å². The van der Waals surface area contributed by atoms with Crippen molar-refractivity contribution >= 4 is 23.6 Å². The van der Waals surface area contributed by atoms with E-state index in [0.29, 0.717) is 17.1 Å². The fourth-order valence-electron chi connectivity index (χ4n) is 2.36. The number of para-hydroxylation sites is 1. The molecule has 1 N–H and O–H groups in total. The van der Waals surface area contributed by atoms with Crippen LogP contribution >= 0.6 is 11.8 Å². The smallest absolute Gasteiger partial charge is 0.352 e. The zero-order valence-corrected chi connectivity index (χ0v) is 11.6. The first-order valence-electron chi connectivity index (χ1n) is 6.19. The number of carboxylic acid groups (broad SMARTS) is 1. The summed E-state index contributed by atoms with van der Waals surface area (Å²) >= 11 is 1.53. The summed E-state index contributed by atoms with van der Waals surface area (Å²) in [6.45, 7) is 1.74. The van der Waals surface area contributed by atoms with Crippen LogP contribution in [0.3, 0.4) is 0 Å². The minimum Gasteiger partial charge on any atom is -0.477 e. The zero-order valence-electron chi connectivity index (χ0n) is 10.8. The molecule has 0 bridgehead atoms. The van der Waals surface area contributed by atoms with Crippen LogP contribution in [0.25, 0.3) is 0 Å². The average molecular weight is 291 g/mol. The first-order valence-corrected chi connectivity index (χ1v) is 7.24. The van der Waals surface area contributed by atoms with Gasteiger partial charge in [0.15, 0.2) is 0 Å². The molecule has 1 fully saturated rings. The van der Waals surface area contributed by atoms with Gasteiger partial charge in [0.1, 0.15) is 16.8 Å². The van der Waals surface area contributed by atoms with Crippen LogP contribution in [0.2, 0.25) is 0 Å². The van der Waals surface area contributed by atoms with Crippen molar-refractivity contribution in [1.29, 1.82) is 0 Å². The Hall–Kier alpha value is -1.95. The minimum absolute atomic E-state index is 0.103. The van der Waals surface area contributed by atoms with E-state index in [-0.39, 0.29) is 17.0 Å². The molecule has 20 heavy (non-hydrogen) atoms. The van der Waals surface area contributed by atoms with Crippen molar-refractivity contribution in [2.75, 3.05) is 5.75 Å². The number of carbonyl (C=O) groups is 2. The van der Waals surface area contributed by atoms with Crippen molar-refractivity contribution in [2.24, 2.45) is 0 Å². The first-order chi connectivity index (χ1) is 9.59. The van der Waals surface area contributed by atoms with Gasteiger partial charge in [0, 0.05) is 5.75 Å². The van der Waals surface area contributed by atoms with Crippen LogP contribution in [-0.4, -0.2) is 39.1 Å². The van der Waals surface area contributed by atoms with Gasteiger partial charge in [-0.2, -0.15) is 0 Å². The number of β-lactam (4-membered cyclic amide) rings is 1. The molecule has 0 spiro atoms. The summed E-state index contributed by atoms with van der Waals surface area (Å²) in [6, 6.07) is 9.09. The van der Waals surface area contributed by atoms with Gasteiger partial charge in [-0.15, -0.1) is 11.8 Å². The van der Waals surface area contributed by atoms with Crippen LogP contribution in [0.5, 0.6) is 5.75 Å². The Morgan fingerprint density at radius 2 is 2.10 bits per heavy atom. The summed E-state index contributed by atoms with van der Waals surface area (Å²) in [4.78, 5) is 24.7. The lowest BCUT2D eigenvalue weighted by Crippen LogP contribution is -2.66. The summed E-state index contributed by atoms with van der Waals surface area (Å²) in [5, 5.41) is 8.97. The molecule has 1 aromatic carbocycles. The van der Waals surface area contributed by atoms with Crippen LogP contribution in [0.4, 0.5) is 0 Å². The monoisotopic (exact) mass is 291 g/mol. The van der Waals surface area contributed by atoms with Crippen molar-refractivity contribution in [3.8, 4) is 5.75 Å². The van der Waals surface area contributed by atoms with Crippen LogP contribution in [-0.2, 0) is 9.59 Å². The second-order valence-electron chi connectivity index (χ2n) is 4.70. The third-order valence-corrected chi connectivity index (χ3v) is 4.72. The number of carbonyl (C=O) groups excluding carboxylic acids is 1. The molecule has 0 saturated carbocycles.